The van der Waals surface area contributed by atoms with Crippen LogP contribution in [0.3, 0.4) is 0 Å². The molecule has 1 aromatic carbocycles. The minimum atomic E-state index is -0.0316. The molecule has 0 saturated carbocycles. The number of methoxy groups -OCH3 is 1. The predicted octanol–water partition coefficient (Wildman–Crippen LogP) is 2.42. The number of ether oxygens (including phenoxy) is 1. The number of nitrogens with zero attached hydrogens (tertiary/aromatic N) is 3. The van der Waals surface area contributed by atoms with Crippen LogP contribution in [-0.4, -0.2) is 39.6 Å². The van der Waals surface area contributed by atoms with E-state index in [1.165, 1.54) is 0 Å². The van der Waals surface area contributed by atoms with Gasteiger partial charge >= 0.3 is 0 Å². The minimum absolute atomic E-state index is 0.0316. The summed E-state index contributed by atoms with van der Waals surface area (Å²) in [5.41, 5.74) is 0.912. The number of nitrogens with one attached hydrogen (secondary N) is 1. The van der Waals surface area contributed by atoms with Crippen LogP contribution in [0.5, 0.6) is 5.75 Å². The van der Waals surface area contributed by atoms with Gasteiger partial charge in [0.2, 0.25) is 5.91 Å². The molecule has 1 aliphatic heterocycles. The first-order valence-corrected chi connectivity index (χ1v) is 7.99. The van der Waals surface area contributed by atoms with E-state index in [4.69, 9.17) is 4.74 Å². The van der Waals surface area contributed by atoms with Crippen molar-refractivity contribution in [3.8, 4) is 5.75 Å². The number of aryl methyl sites for hydroxylation is 1. The standard InChI is InChI=1S/C17H22N4O2/c1-12-18-17(20-19-12)14-8-5-6-10-21(14)16(22)11-13-7-3-4-9-15(13)23-2/h3-4,7,9,14H,5-6,8,10-11H2,1-2H3,(H,18,19,20)/t14-/m1/s1. The molecule has 6 heteroatoms. The van der Waals surface area contributed by atoms with E-state index in [-0.39, 0.29) is 11.9 Å². The summed E-state index contributed by atoms with van der Waals surface area (Å²) < 4.78 is 5.35. The van der Waals surface area contributed by atoms with Crippen molar-refractivity contribution >= 4 is 5.91 Å². The minimum Gasteiger partial charge on any atom is -0.496 e. The highest BCUT2D eigenvalue weighted by Gasteiger charge is 2.30. The number of rotatable bonds is 4. The molecule has 23 heavy (non-hydrogen) atoms. The van der Waals surface area contributed by atoms with E-state index in [2.05, 4.69) is 15.2 Å². The van der Waals surface area contributed by atoms with Crippen LogP contribution in [0.2, 0.25) is 0 Å². The first-order chi connectivity index (χ1) is 11.2. The lowest BCUT2D eigenvalue weighted by Gasteiger charge is -2.34. The van der Waals surface area contributed by atoms with E-state index < -0.39 is 0 Å². The number of carbonyl (C=O) groups excluding carboxylic acids is 1. The highest BCUT2D eigenvalue weighted by molar-refractivity contribution is 5.80. The molecule has 2 heterocycles. The summed E-state index contributed by atoms with van der Waals surface area (Å²) in [6.45, 7) is 2.63. The molecule has 1 fully saturated rings. The second-order valence-corrected chi connectivity index (χ2v) is 5.87. The smallest absolute Gasteiger partial charge is 0.227 e. The van der Waals surface area contributed by atoms with Gasteiger partial charge in [-0.3, -0.25) is 9.89 Å². The first-order valence-electron chi connectivity index (χ1n) is 7.99. The molecular weight excluding hydrogens is 292 g/mol. The first kappa shape index (κ1) is 15.5. The van der Waals surface area contributed by atoms with Crippen molar-refractivity contribution in [2.75, 3.05) is 13.7 Å². The van der Waals surface area contributed by atoms with E-state index in [9.17, 15) is 4.79 Å². The lowest BCUT2D eigenvalue weighted by Crippen LogP contribution is -2.39. The summed E-state index contributed by atoms with van der Waals surface area (Å²) >= 11 is 0. The average molecular weight is 314 g/mol. The molecule has 0 unspecified atom stereocenters. The Hall–Kier alpha value is -2.37. The number of aromatic amines is 1. The summed E-state index contributed by atoms with van der Waals surface area (Å²) in [5, 5.41) is 7.13. The number of para-hydroxylation sites is 1. The maximum absolute atomic E-state index is 12.8. The molecule has 0 radical (unpaired) electrons. The highest BCUT2D eigenvalue weighted by Crippen LogP contribution is 2.30. The molecule has 0 aliphatic carbocycles. The number of likely N-dealkylation sites (tertiary alicyclic amines) is 1. The Morgan fingerprint density at radius 3 is 2.96 bits per heavy atom. The van der Waals surface area contributed by atoms with Gasteiger partial charge in [-0.2, -0.15) is 5.10 Å². The van der Waals surface area contributed by atoms with Crippen molar-refractivity contribution in [3.05, 3.63) is 41.5 Å². The molecule has 1 atom stereocenters. The number of piperidine rings is 1. The maximum Gasteiger partial charge on any atom is 0.227 e. The molecule has 6 nitrogen and oxygen atoms in total. The van der Waals surface area contributed by atoms with Crippen LogP contribution >= 0.6 is 0 Å². The lowest BCUT2D eigenvalue weighted by molar-refractivity contribution is -0.134. The fourth-order valence-electron chi connectivity index (χ4n) is 3.12. The Bertz CT molecular complexity index is 683. The van der Waals surface area contributed by atoms with Gasteiger partial charge in [0.25, 0.3) is 0 Å². The molecule has 1 saturated heterocycles. The zero-order chi connectivity index (χ0) is 16.2. The normalized spacial score (nSPS) is 18.0. The number of aromatic nitrogens is 3. The quantitative estimate of drug-likeness (QED) is 0.941. The summed E-state index contributed by atoms with van der Waals surface area (Å²) in [4.78, 5) is 19.2. The number of benzene rings is 1. The Kier molecular flexibility index (Phi) is 4.60. The van der Waals surface area contributed by atoms with Crippen LogP contribution in [0.1, 0.15) is 42.5 Å². The Labute approximate surface area is 135 Å². The zero-order valence-electron chi connectivity index (χ0n) is 13.6. The number of hydrogen-bond donors (Lipinski definition) is 1. The van der Waals surface area contributed by atoms with Gasteiger partial charge in [-0.05, 0) is 32.3 Å². The van der Waals surface area contributed by atoms with Crippen molar-refractivity contribution in [2.24, 2.45) is 0 Å². The fraction of sp³-hybridized carbons (Fsp3) is 0.471. The van der Waals surface area contributed by atoms with Crippen molar-refractivity contribution < 1.29 is 9.53 Å². The molecule has 3 rings (SSSR count). The highest BCUT2D eigenvalue weighted by atomic mass is 16.5. The van der Waals surface area contributed by atoms with E-state index in [0.717, 1.165) is 48.8 Å². The van der Waals surface area contributed by atoms with E-state index in [1.54, 1.807) is 7.11 Å². The SMILES string of the molecule is COc1ccccc1CC(=O)N1CCCC[C@@H]1c1n[nH]c(C)n1. The third-order valence-corrected chi connectivity index (χ3v) is 4.27. The summed E-state index contributed by atoms with van der Waals surface area (Å²) in [6, 6.07) is 7.63. The Morgan fingerprint density at radius 1 is 1.39 bits per heavy atom. The topological polar surface area (TPSA) is 71.1 Å². The molecular formula is C17H22N4O2. The van der Waals surface area contributed by atoms with Crippen LogP contribution in [0, 0.1) is 6.92 Å². The van der Waals surface area contributed by atoms with Gasteiger partial charge in [-0.15, -0.1) is 0 Å². The molecule has 0 bridgehead atoms. The second-order valence-electron chi connectivity index (χ2n) is 5.87. The number of H-pyrrole nitrogens is 1. The van der Waals surface area contributed by atoms with Gasteiger partial charge in [-0.1, -0.05) is 18.2 Å². The van der Waals surface area contributed by atoms with Crippen molar-refractivity contribution in [1.82, 2.24) is 20.1 Å². The molecule has 1 amide bonds. The molecule has 1 aromatic heterocycles. The van der Waals surface area contributed by atoms with Crippen molar-refractivity contribution in [2.45, 2.75) is 38.6 Å². The van der Waals surface area contributed by atoms with Gasteiger partial charge in [0.15, 0.2) is 5.82 Å². The fourth-order valence-corrected chi connectivity index (χ4v) is 3.12. The molecule has 122 valence electrons. The average Bonchev–Trinajstić information content (AvgIpc) is 3.01. The van der Waals surface area contributed by atoms with Gasteiger partial charge < -0.3 is 9.64 Å². The molecule has 0 spiro atoms. The van der Waals surface area contributed by atoms with E-state index in [0.29, 0.717) is 6.42 Å². The molecule has 2 aromatic rings. The third-order valence-electron chi connectivity index (χ3n) is 4.27. The second kappa shape index (κ2) is 6.81. The molecule has 1 N–H and O–H groups in total. The summed E-state index contributed by atoms with van der Waals surface area (Å²) in [7, 11) is 1.63. The van der Waals surface area contributed by atoms with Crippen LogP contribution in [0.4, 0.5) is 0 Å². The van der Waals surface area contributed by atoms with Crippen LogP contribution in [0.25, 0.3) is 0 Å². The zero-order valence-corrected chi connectivity index (χ0v) is 13.6. The number of hydrogen-bond acceptors (Lipinski definition) is 4. The third kappa shape index (κ3) is 3.36. The van der Waals surface area contributed by atoms with Crippen LogP contribution < -0.4 is 4.74 Å². The van der Waals surface area contributed by atoms with Gasteiger partial charge in [0.05, 0.1) is 19.6 Å². The van der Waals surface area contributed by atoms with Crippen LogP contribution in [-0.2, 0) is 11.2 Å². The van der Waals surface area contributed by atoms with Gasteiger partial charge in [0, 0.05) is 12.1 Å². The van der Waals surface area contributed by atoms with Crippen molar-refractivity contribution in [1.29, 1.82) is 0 Å². The van der Waals surface area contributed by atoms with E-state index in [1.807, 2.05) is 36.1 Å². The number of carbonyl (C=O) groups is 1. The summed E-state index contributed by atoms with van der Waals surface area (Å²) in [5.74, 6) is 2.35. The number of amides is 1. The maximum atomic E-state index is 12.8. The lowest BCUT2D eigenvalue weighted by atomic mass is 10.00. The Morgan fingerprint density at radius 2 is 2.22 bits per heavy atom. The largest absolute Gasteiger partial charge is 0.496 e. The van der Waals surface area contributed by atoms with E-state index >= 15 is 0 Å². The monoisotopic (exact) mass is 314 g/mol. The molecule has 1 aliphatic rings. The van der Waals surface area contributed by atoms with Crippen LogP contribution in [0.15, 0.2) is 24.3 Å². The summed E-state index contributed by atoms with van der Waals surface area (Å²) in [6.07, 6.45) is 3.37. The van der Waals surface area contributed by atoms with Gasteiger partial charge in [-0.25, -0.2) is 4.98 Å². The predicted molar refractivity (Wildman–Crippen MR) is 86.1 cm³/mol. The van der Waals surface area contributed by atoms with Gasteiger partial charge in [0.1, 0.15) is 11.6 Å². The Balaban J connectivity index is 1.79. The van der Waals surface area contributed by atoms with Crippen molar-refractivity contribution in [3.63, 3.8) is 0 Å².